The van der Waals surface area contributed by atoms with E-state index in [4.69, 9.17) is 5.73 Å². The van der Waals surface area contributed by atoms with E-state index in [2.05, 4.69) is 4.98 Å². The van der Waals surface area contributed by atoms with Gasteiger partial charge in [-0.1, -0.05) is 0 Å². The summed E-state index contributed by atoms with van der Waals surface area (Å²) >= 11 is 1.53. The second-order valence-electron chi connectivity index (χ2n) is 4.49. The highest BCUT2D eigenvalue weighted by atomic mass is 32.1. The first-order chi connectivity index (χ1) is 8.65. The van der Waals surface area contributed by atoms with Crippen molar-refractivity contribution in [2.45, 2.75) is 25.3 Å². The van der Waals surface area contributed by atoms with Crippen LogP contribution in [0, 0.1) is 5.82 Å². The molecule has 0 saturated carbocycles. The van der Waals surface area contributed by atoms with Crippen LogP contribution in [0.2, 0.25) is 0 Å². The number of aryl methyl sites for hydroxylation is 1. The number of benzene rings is 1. The van der Waals surface area contributed by atoms with Gasteiger partial charge >= 0.3 is 0 Å². The van der Waals surface area contributed by atoms with Gasteiger partial charge < -0.3 is 10.8 Å². The molecule has 1 aromatic carbocycles. The number of hydrogen-bond donors (Lipinski definition) is 2. The lowest BCUT2D eigenvalue weighted by Crippen LogP contribution is -2.15. The number of aromatic nitrogens is 1. The van der Waals surface area contributed by atoms with Crippen LogP contribution < -0.4 is 5.73 Å². The van der Waals surface area contributed by atoms with Crippen molar-refractivity contribution in [3.8, 4) is 16.3 Å². The maximum absolute atomic E-state index is 13.3. The minimum Gasteiger partial charge on any atom is -0.505 e. The first-order valence-electron chi connectivity index (χ1n) is 5.89. The molecule has 3 nitrogen and oxygen atoms in total. The highest BCUT2D eigenvalue weighted by Crippen LogP contribution is 2.37. The highest BCUT2D eigenvalue weighted by Gasteiger charge is 2.22. The summed E-state index contributed by atoms with van der Waals surface area (Å²) in [5, 5.41) is 9.96. The molecule has 0 aliphatic heterocycles. The van der Waals surface area contributed by atoms with Crippen LogP contribution in [-0.2, 0) is 6.42 Å². The Morgan fingerprint density at radius 1 is 1.44 bits per heavy atom. The van der Waals surface area contributed by atoms with Crippen molar-refractivity contribution >= 4 is 11.3 Å². The monoisotopic (exact) mass is 264 g/mol. The van der Waals surface area contributed by atoms with E-state index in [1.54, 1.807) is 6.07 Å². The van der Waals surface area contributed by atoms with Crippen LogP contribution in [0.25, 0.3) is 10.6 Å². The molecule has 1 aliphatic rings. The van der Waals surface area contributed by atoms with Gasteiger partial charge in [-0.3, -0.25) is 0 Å². The largest absolute Gasteiger partial charge is 0.505 e. The lowest BCUT2D eigenvalue weighted by Gasteiger charge is -2.15. The molecule has 2 aromatic rings. The third-order valence-corrected chi connectivity index (χ3v) is 4.47. The summed E-state index contributed by atoms with van der Waals surface area (Å²) in [7, 11) is 0. The Morgan fingerprint density at radius 2 is 2.28 bits per heavy atom. The number of hydrogen-bond acceptors (Lipinski definition) is 4. The molecule has 1 heterocycles. The van der Waals surface area contributed by atoms with Crippen molar-refractivity contribution in [1.82, 2.24) is 4.98 Å². The van der Waals surface area contributed by atoms with E-state index in [-0.39, 0.29) is 11.8 Å². The lowest BCUT2D eigenvalue weighted by molar-refractivity contribution is 0.432. The zero-order chi connectivity index (χ0) is 12.7. The molecule has 94 valence electrons. The Labute approximate surface area is 108 Å². The number of nitrogens with two attached hydrogens (primary N) is 1. The van der Waals surface area contributed by atoms with Gasteiger partial charge in [-0.25, -0.2) is 9.37 Å². The molecular formula is C13H13FN2OS. The minimum absolute atomic E-state index is 0.0574. The minimum atomic E-state index is -0.620. The predicted molar refractivity (Wildman–Crippen MR) is 69.0 cm³/mol. The molecule has 1 aromatic heterocycles. The smallest absolute Gasteiger partial charge is 0.165 e. The number of thiazole rings is 1. The topological polar surface area (TPSA) is 59.1 Å². The average Bonchev–Trinajstić information content (AvgIpc) is 2.78. The van der Waals surface area contributed by atoms with Crippen LogP contribution in [0.15, 0.2) is 18.2 Å². The number of phenols is 1. The van der Waals surface area contributed by atoms with Crippen molar-refractivity contribution in [2.75, 3.05) is 0 Å². The van der Waals surface area contributed by atoms with E-state index in [9.17, 15) is 9.50 Å². The summed E-state index contributed by atoms with van der Waals surface area (Å²) < 4.78 is 13.3. The van der Waals surface area contributed by atoms with Gasteiger partial charge in [0.2, 0.25) is 0 Å². The molecule has 1 unspecified atom stereocenters. The third-order valence-electron chi connectivity index (χ3n) is 3.19. The summed E-state index contributed by atoms with van der Waals surface area (Å²) in [4.78, 5) is 5.65. The van der Waals surface area contributed by atoms with Gasteiger partial charge in [0.1, 0.15) is 5.01 Å². The SMILES string of the molecule is NC1CCCc2nc(-c3ccc(O)c(F)c3)sc21. The Balaban J connectivity index is 2.04. The number of phenolic OH excluding ortho intramolecular Hbond substituents is 1. The molecule has 0 saturated heterocycles. The summed E-state index contributed by atoms with van der Waals surface area (Å²) in [5.74, 6) is -0.957. The van der Waals surface area contributed by atoms with Crippen molar-refractivity contribution in [1.29, 1.82) is 0 Å². The molecule has 3 rings (SSSR count). The molecule has 0 amide bonds. The molecule has 3 N–H and O–H groups in total. The summed E-state index contributed by atoms with van der Waals surface area (Å²) in [6, 6.07) is 4.40. The van der Waals surface area contributed by atoms with Gasteiger partial charge in [-0.2, -0.15) is 0 Å². The standard InChI is InChI=1S/C13H13FN2OS/c14-8-6-7(4-5-11(8)17)13-16-10-3-1-2-9(15)12(10)18-13/h4-6,9,17H,1-3,15H2. The second kappa shape index (κ2) is 4.33. The number of nitrogens with zero attached hydrogens (tertiary/aromatic N) is 1. The van der Waals surface area contributed by atoms with E-state index < -0.39 is 5.82 Å². The van der Waals surface area contributed by atoms with E-state index in [0.717, 1.165) is 34.8 Å². The van der Waals surface area contributed by atoms with Gasteiger partial charge in [0.15, 0.2) is 11.6 Å². The molecule has 5 heteroatoms. The zero-order valence-corrected chi connectivity index (χ0v) is 10.5. The van der Waals surface area contributed by atoms with Crippen LogP contribution in [0.3, 0.4) is 0 Å². The summed E-state index contributed by atoms with van der Waals surface area (Å²) in [6.45, 7) is 0. The van der Waals surface area contributed by atoms with E-state index >= 15 is 0 Å². The Hall–Kier alpha value is -1.46. The molecule has 0 spiro atoms. The van der Waals surface area contributed by atoms with Gasteiger partial charge in [-0.15, -0.1) is 11.3 Å². The van der Waals surface area contributed by atoms with Gasteiger partial charge in [0.25, 0.3) is 0 Å². The van der Waals surface area contributed by atoms with Crippen LogP contribution in [0.4, 0.5) is 4.39 Å². The maximum atomic E-state index is 13.3. The Bertz CT molecular complexity index is 597. The first kappa shape index (κ1) is 11.6. The maximum Gasteiger partial charge on any atom is 0.165 e. The van der Waals surface area contributed by atoms with Crippen molar-refractivity contribution < 1.29 is 9.50 Å². The molecule has 1 atom stereocenters. The molecule has 18 heavy (non-hydrogen) atoms. The zero-order valence-electron chi connectivity index (χ0n) is 9.69. The highest BCUT2D eigenvalue weighted by molar-refractivity contribution is 7.15. The fraction of sp³-hybridized carbons (Fsp3) is 0.308. The van der Waals surface area contributed by atoms with Crippen molar-refractivity contribution in [3.63, 3.8) is 0 Å². The van der Waals surface area contributed by atoms with Crippen LogP contribution >= 0.6 is 11.3 Å². The number of fused-ring (bicyclic) bond motifs is 1. The van der Waals surface area contributed by atoms with Crippen LogP contribution in [0.1, 0.15) is 29.5 Å². The quantitative estimate of drug-likeness (QED) is 0.832. The summed E-state index contributed by atoms with van der Waals surface area (Å²) in [6.07, 6.45) is 2.99. The fourth-order valence-electron chi connectivity index (χ4n) is 2.22. The normalized spacial score (nSPS) is 18.7. The second-order valence-corrected chi connectivity index (χ2v) is 5.53. The third kappa shape index (κ3) is 1.89. The summed E-state index contributed by atoms with van der Waals surface area (Å²) in [5.41, 5.74) is 7.78. The lowest BCUT2D eigenvalue weighted by atomic mass is 9.99. The van der Waals surface area contributed by atoms with Gasteiger partial charge in [0.05, 0.1) is 5.69 Å². The van der Waals surface area contributed by atoms with Gasteiger partial charge in [0, 0.05) is 16.5 Å². The Morgan fingerprint density at radius 3 is 3.00 bits per heavy atom. The van der Waals surface area contributed by atoms with Gasteiger partial charge in [-0.05, 0) is 37.5 Å². The van der Waals surface area contributed by atoms with Crippen LogP contribution in [-0.4, -0.2) is 10.1 Å². The van der Waals surface area contributed by atoms with E-state index in [1.165, 1.54) is 23.5 Å². The molecule has 0 fully saturated rings. The molecule has 1 aliphatic carbocycles. The van der Waals surface area contributed by atoms with E-state index in [0.29, 0.717) is 5.56 Å². The number of halogens is 1. The number of rotatable bonds is 1. The van der Waals surface area contributed by atoms with Crippen LogP contribution in [0.5, 0.6) is 5.75 Å². The van der Waals surface area contributed by atoms with Crippen molar-refractivity contribution in [3.05, 3.63) is 34.6 Å². The molecule has 0 radical (unpaired) electrons. The fourth-order valence-corrected chi connectivity index (χ4v) is 3.36. The van der Waals surface area contributed by atoms with E-state index in [1.807, 2.05) is 0 Å². The Kier molecular flexibility index (Phi) is 2.80. The average molecular weight is 264 g/mol. The van der Waals surface area contributed by atoms with Crippen molar-refractivity contribution in [2.24, 2.45) is 5.73 Å². The molecular weight excluding hydrogens is 251 g/mol. The molecule has 0 bridgehead atoms. The predicted octanol–water partition coefficient (Wildman–Crippen LogP) is 2.99. The first-order valence-corrected chi connectivity index (χ1v) is 6.71. The number of aromatic hydroxyl groups is 1.